The zero-order chi connectivity index (χ0) is 16.4. The molecule has 116 valence electrons. The third-order valence-electron chi connectivity index (χ3n) is 3.25. The van der Waals surface area contributed by atoms with E-state index in [1.165, 1.54) is 24.3 Å². The number of aryl methyl sites for hydroxylation is 1. The lowest BCUT2D eigenvalue weighted by molar-refractivity contribution is 0.626. The smallest absolute Gasteiger partial charge is 0.163 e. The van der Waals surface area contributed by atoms with Gasteiger partial charge in [-0.1, -0.05) is 11.6 Å². The van der Waals surface area contributed by atoms with Crippen LogP contribution in [0.25, 0.3) is 11.4 Å². The molecule has 1 N–H and O–H groups in total. The third-order valence-corrected chi connectivity index (χ3v) is 3.44. The molecule has 3 aromatic rings. The van der Waals surface area contributed by atoms with Crippen molar-refractivity contribution in [3.05, 3.63) is 70.9 Å². The Morgan fingerprint density at radius 3 is 2.30 bits per heavy atom. The molecule has 0 bridgehead atoms. The van der Waals surface area contributed by atoms with Gasteiger partial charge in [0, 0.05) is 17.3 Å². The fourth-order valence-electron chi connectivity index (χ4n) is 2.12. The van der Waals surface area contributed by atoms with E-state index in [1.807, 2.05) is 0 Å². The van der Waals surface area contributed by atoms with E-state index in [9.17, 15) is 8.78 Å². The van der Waals surface area contributed by atoms with Crippen molar-refractivity contribution in [2.75, 3.05) is 5.32 Å². The van der Waals surface area contributed by atoms with E-state index < -0.39 is 0 Å². The Morgan fingerprint density at radius 1 is 0.913 bits per heavy atom. The number of aromatic nitrogens is 2. The van der Waals surface area contributed by atoms with Crippen LogP contribution in [0.4, 0.5) is 20.3 Å². The molecular weight excluding hydrogens is 320 g/mol. The first-order valence-corrected chi connectivity index (χ1v) is 7.23. The lowest BCUT2D eigenvalue weighted by atomic mass is 10.2. The second kappa shape index (κ2) is 6.30. The SMILES string of the molecule is Cc1cc(F)ccc1Nc1cc(Cl)nc(-c2ccc(F)cc2)n1. The molecule has 0 saturated carbocycles. The van der Waals surface area contributed by atoms with E-state index in [1.54, 1.807) is 31.2 Å². The van der Waals surface area contributed by atoms with E-state index in [4.69, 9.17) is 11.6 Å². The number of nitrogens with zero attached hydrogens (tertiary/aromatic N) is 2. The zero-order valence-corrected chi connectivity index (χ0v) is 12.9. The highest BCUT2D eigenvalue weighted by molar-refractivity contribution is 6.29. The van der Waals surface area contributed by atoms with E-state index in [-0.39, 0.29) is 16.8 Å². The number of nitrogens with one attached hydrogen (secondary N) is 1. The van der Waals surface area contributed by atoms with Gasteiger partial charge < -0.3 is 5.32 Å². The van der Waals surface area contributed by atoms with Crippen LogP contribution in [0, 0.1) is 18.6 Å². The summed E-state index contributed by atoms with van der Waals surface area (Å²) < 4.78 is 26.2. The fraction of sp³-hybridized carbons (Fsp3) is 0.0588. The highest BCUT2D eigenvalue weighted by atomic mass is 35.5. The van der Waals surface area contributed by atoms with Crippen molar-refractivity contribution in [2.24, 2.45) is 0 Å². The van der Waals surface area contributed by atoms with Gasteiger partial charge in [-0.3, -0.25) is 0 Å². The van der Waals surface area contributed by atoms with Gasteiger partial charge in [-0.2, -0.15) is 0 Å². The largest absolute Gasteiger partial charge is 0.340 e. The molecule has 0 aliphatic heterocycles. The van der Waals surface area contributed by atoms with Crippen molar-refractivity contribution in [1.29, 1.82) is 0 Å². The maximum atomic E-state index is 13.2. The summed E-state index contributed by atoms with van der Waals surface area (Å²) in [5, 5.41) is 3.34. The Bertz CT molecular complexity index is 851. The quantitative estimate of drug-likeness (QED) is 0.676. The van der Waals surface area contributed by atoms with Crippen LogP contribution in [-0.4, -0.2) is 9.97 Å². The Labute approximate surface area is 137 Å². The summed E-state index contributed by atoms with van der Waals surface area (Å²) in [5.41, 5.74) is 2.10. The molecule has 1 heterocycles. The molecule has 0 aliphatic rings. The Balaban J connectivity index is 1.95. The van der Waals surface area contributed by atoms with Crippen molar-refractivity contribution < 1.29 is 8.78 Å². The summed E-state index contributed by atoms with van der Waals surface area (Å²) >= 11 is 6.04. The third kappa shape index (κ3) is 3.63. The summed E-state index contributed by atoms with van der Waals surface area (Å²) in [5.74, 6) is 0.204. The molecule has 0 aliphatic carbocycles. The molecule has 3 nitrogen and oxygen atoms in total. The first-order chi connectivity index (χ1) is 11.0. The van der Waals surface area contributed by atoms with Gasteiger partial charge in [-0.25, -0.2) is 18.7 Å². The molecule has 0 radical (unpaired) electrons. The summed E-state index contributed by atoms with van der Waals surface area (Å²) in [6.45, 7) is 1.79. The lowest BCUT2D eigenvalue weighted by Gasteiger charge is -2.10. The Morgan fingerprint density at radius 2 is 1.61 bits per heavy atom. The van der Waals surface area contributed by atoms with Crippen LogP contribution >= 0.6 is 11.6 Å². The number of halogens is 3. The highest BCUT2D eigenvalue weighted by Gasteiger charge is 2.08. The minimum absolute atomic E-state index is 0.251. The minimum Gasteiger partial charge on any atom is -0.340 e. The summed E-state index contributed by atoms with van der Waals surface area (Å²) in [4.78, 5) is 8.51. The second-order valence-corrected chi connectivity index (χ2v) is 5.38. The van der Waals surface area contributed by atoms with Crippen molar-refractivity contribution in [3.8, 4) is 11.4 Å². The van der Waals surface area contributed by atoms with Crippen LogP contribution in [0.1, 0.15) is 5.56 Å². The van der Waals surface area contributed by atoms with Crippen molar-refractivity contribution >= 4 is 23.1 Å². The molecule has 0 fully saturated rings. The van der Waals surface area contributed by atoms with Crippen molar-refractivity contribution in [2.45, 2.75) is 6.92 Å². The van der Waals surface area contributed by atoms with E-state index in [0.717, 1.165) is 5.56 Å². The molecule has 0 amide bonds. The van der Waals surface area contributed by atoms with Gasteiger partial charge in [0.2, 0.25) is 0 Å². The summed E-state index contributed by atoms with van der Waals surface area (Å²) in [7, 11) is 0. The predicted octanol–water partition coefficient (Wildman–Crippen LogP) is 5.13. The number of rotatable bonds is 3. The van der Waals surface area contributed by atoms with Crippen LogP contribution in [0.15, 0.2) is 48.5 Å². The molecule has 3 rings (SSSR count). The van der Waals surface area contributed by atoms with Gasteiger partial charge >= 0.3 is 0 Å². The Kier molecular flexibility index (Phi) is 4.21. The number of anilines is 2. The normalized spacial score (nSPS) is 10.6. The average molecular weight is 332 g/mol. The molecule has 0 spiro atoms. The van der Waals surface area contributed by atoms with Crippen LogP contribution in [-0.2, 0) is 0 Å². The molecule has 0 saturated heterocycles. The molecule has 6 heteroatoms. The van der Waals surface area contributed by atoms with Gasteiger partial charge in [-0.15, -0.1) is 0 Å². The van der Waals surface area contributed by atoms with Gasteiger partial charge in [0.25, 0.3) is 0 Å². The first-order valence-electron chi connectivity index (χ1n) is 6.85. The molecule has 2 aromatic carbocycles. The van der Waals surface area contributed by atoms with Crippen LogP contribution in [0.3, 0.4) is 0 Å². The average Bonchev–Trinajstić information content (AvgIpc) is 2.50. The van der Waals surface area contributed by atoms with Gasteiger partial charge in [0.05, 0.1) is 0 Å². The molecule has 1 aromatic heterocycles. The zero-order valence-electron chi connectivity index (χ0n) is 12.1. The maximum Gasteiger partial charge on any atom is 0.163 e. The first kappa shape index (κ1) is 15.4. The minimum atomic E-state index is -0.337. The van der Waals surface area contributed by atoms with Crippen LogP contribution in [0.2, 0.25) is 5.15 Å². The maximum absolute atomic E-state index is 13.2. The van der Waals surface area contributed by atoms with E-state index in [2.05, 4.69) is 15.3 Å². The number of hydrogen-bond donors (Lipinski definition) is 1. The molecule has 23 heavy (non-hydrogen) atoms. The monoisotopic (exact) mass is 331 g/mol. The van der Waals surface area contributed by atoms with Crippen LogP contribution < -0.4 is 5.32 Å². The summed E-state index contributed by atoms with van der Waals surface area (Å²) in [6.07, 6.45) is 0. The second-order valence-electron chi connectivity index (χ2n) is 4.99. The number of benzene rings is 2. The van der Waals surface area contributed by atoms with Crippen LogP contribution in [0.5, 0.6) is 0 Å². The van der Waals surface area contributed by atoms with E-state index >= 15 is 0 Å². The molecule has 0 atom stereocenters. The number of hydrogen-bond acceptors (Lipinski definition) is 3. The summed E-state index contributed by atoms with van der Waals surface area (Å²) in [6, 6.07) is 11.8. The van der Waals surface area contributed by atoms with Gasteiger partial charge in [0.15, 0.2) is 5.82 Å². The topological polar surface area (TPSA) is 37.8 Å². The van der Waals surface area contributed by atoms with Crippen molar-refractivity contribution in [1.82, 2.24) is 9.97 Å². The predicted molar refractivity (Wildman–Crippen MR) is 86.9 cm³/mol. The Hall–Kier alpha value is -2.53. The standard InChI is InChI=1S/C17H12ClF2N3/c1-10-8-13(20)6-7-14(10)21-16-9-15(18)22-17(23-16)11-2-4-12(19)5-3-11/h2-9H,1H3,(H,21,22,23). The molecular formula is C17H12ClF2N3. The van der Waals surface area contributed by atoms with Gasteiger partial charge in [-0.05, 0) is 55.0 Å². The fourth-order valence-corrected chi connectivity index (χ4v) is 2.30. The highest BCUT2D eigenvalue weighted by Crippen LogP contribution is 2.24. The molecule has 0 unspecified atom stereocenters. The lowest BCUT2D eigenvalue weighted by Crippen LogP contribution is -1.99. The van der Waals surface area contributed by atoms with E-state index in [0.29, 0.717) is 22.9 Å². The van der Waals surface area contributed by atoms with Crippen molar-refractivity contribution in [3.63, 3.8) is 0 Å². The van der Waals surface area contributed by atoms with Gasteiger partial charge in [0.1, 0.15) is 22.6 Å².